The highest BCUT2D eigenvalue weighted by Gasteiger charge is 2.30. The molecule has 1 N–H and O–H groups in total. The Labute approximate surface area is 87.9 Å². The summed E-state index contributed by atoms with van der Waals surface area (Å²) in [5, 5.41) is 9.36. The number of phenolic OH excluding ortho intramolecular Hbond substituents is 1. The molecule has 58 valence electrons. The molecule has 0 saturated heterocycles. The minimum Gasteiger partial charge on any atom is -0.505 e. The van der Waals surface area contributed by atoms with E-state index in [0.717, 1.165) is 4.47 Å². The third-order valence-electron chi connectivity index (χ3n) is 1.42. The number of fused-ring (bicyclic) bond motifs is 2. The van der Waals surface area contributed by atoms with E-state index in [1.807, 2.05) is 0 Å². The fraction of sp³-hybridized carbons (Fsp3) is 0. The molecule has 2 nitrogen and oxygen atoms in total. The average molecular weight is 345 g/mol. The van der Waals surface area contributed by atoms with E-state index in [-0.39, 0.29) is 5.75 Å². The molecule has 0 spiro atoms. The van der Waals surface area contributed by atoms with E-state index < -0.39 is 0 Å². The summed E-state index contributed by atoms with van der Waals surface area (Å²) in [5.41, 5.74) is 0. The van der Waals surface area contributed by atoms with Crippen LogP contribution in [-0.2, 0) is 0 Å². The third-order valence-corrected chi connectivity index (χ3v) is 3.61. The van der Waals surface area contributed by atoms with Crippen LogP contribution in [0, 0.1) is 0 Å². The van der Waals surface area contributed by atoms with Crippen LogP contribution in [0.25, 0.3) is 0 Å². The smallest absolute Gasteiger partial charge is 0.163 e. The molecular formula is C6HBr3O2. The highest BCUT2D eigenvalue weighted by Crippen LogP contribution is 2.60. The Morgan fingerprint density at radius 3 is 1.73 bits per heavy atom. The zero-order valence-electron chi connectivity index (χ0n) is 4.99. The number of benzene rings is 1. The van der Waals surface area contributed by atoms with Crippen molar-refractivity contribution >= 4 is 47.8 Å². The van der Waals surface area contributed by atoms with Crippen molar-refractivity contribution in [2.45, 2.75) is 0 Å². The molecule has 3 rings (SSSR count). The molecule has 0 fully saturated rings. The summed E-state index contributed by atoms with van der Waals surface area (Å²) in [6, 6.07) is 0. The molecular weight excluding hydrogens is 344 g/mol. The van der Waals surface area contributed by atoms with E-state index in [1.54, 1.807) is 0 Å². The molecule has 2 aliphatic rings. The van der Waals surface area contributed by atoms with E-state index in [0.29, 0.717) is 20.4 Å². The summed E-state index contributed by atoms with van der Waals surface area (Å²) in [6.07, 6.45) is 0. The van der Waals surface area contributed by atoms with Gasteiger partial charge >= 0.3 is 0 Å². The number of hydrogen-bond acceptors (Lipinski definition) is 2. The van der Waals surface area contributed by atoms with Crippen LogP contribution in [0.2, 0.25) is 0 Å². The van der Waals surface area contributed by atoms with Crippen LogP contribution >= 0.6 is 47.8 Å². The Bertz CT molecular complexity index is 312. The number of ether oxygens (including phenoxy) is 1. The molecule has 2 heterocycles. The van der Waals surface area contributed by atoms with Gasteiger partial charge in [-0.05, 0) is 47.8 Å². The molecule has 0 aliphatic carbocycles. The Kier molecular flexibility index (Phi) is 1.70. The lowest BCUT2D eigenvalue weighted by Crippen LogP contribution is -2.00. The van der Waals surface area contributed by atoms with E-state index in [4.69, 9.17) is 4.74 Å². The first-order chi connectivity index (χ1) is 5.13. The van der Waals surface area contributed by atoms with Crippen LogP contribution in [0.1, 0.15) is 0 Å². The maximum absolute atomic E-state index is 9.36. The molecule has 0 saturated carbocycles. The fourth-order valence-electron chi connectivity index (χ4n) is 0.842. The fourth-order valence-corrected chi connectivity index (χ4v) is 3.15. The van der Waals surface area contributed by atoms with Crippen molar-refractivity contribution in [2.24, 2.45) is 0 Å². The van der Waals surface area contributed by atoms with Gasteiger partial charge in [0.05, 0.1) is 0 Å². The molecule has 0 unspecified atom stereocenters. The van der Waals surface area contributed by atoms with Gasteiger partial charge in [0.2, 0.25) is 0 Å². The highest BCUT2D eigenvalue weighted by atomic mass is 79.9. The Morgan fingerprint density at radius 2 is 1.36 bits per heavy atom. The minimum atomic E-state index is 0.185. The van der Waals surface area contributed by atoms with Crippen LogP contribution in [-0.4, -0.2) is 5.11 Å². The lowest BCUT2D eigenvalue weighted by molar-refractivity contribution is 0.391. The van der Waals surface area contributed by atoms with E-state index in [1.165, 1.54) is 0 Å². The van der Waals surface area contributed by atoms with Crippen LogP contribution in [0.15, 0.2) is 13.4 Å². The predicted molar refractivity (Wildman–Crippen MR) is 51.3 cm³/mol. The number of hydrogen-bond donors (Lipinski definition) is 1. The zero-order chi connectivity index (χ0) is 8.17. The molecule has 5 heteroatoms. The molecule has 2 aliphatic heterocycles. The van der Waals surface area contributed by atoms with Gasteiger partial charge in [-0.2, -0.15) is 0 Å². The number of aromatic hydroxyl groups is 1. The minimum absolute atomic E-state index is 0.185. The molecule has 0 atom stereocenters. The summed E-state index contributed by atoms with van der Waals surface area (Å²) >= 11 is 9.68. The van der Waals surface area contributed by atoms with Crippen molar-refractivity contribution < 1.29 is 9.84 Å². The largest absolute Gasteiger partial charge is 0.505 e. The Morgan fingerprint density at radius 1 is 0.909 bits per heavy atom. The quantitative estimate of drug-likeness (QED) is 0.788. The number of phenols is 1. The monoisotopic (exact) mass is 342 g/mol. The van der Waals surface area contributed by atoms with Crippen molar-refractivity contribution in [3.8, 4) is 17.2 Å². The van der Waals surface area contributed by atoms with Gasteiger partial charge in [0, 0.05) is 0 Å². The van der Waals surface area contributed by atoms with Crippen molar-refractivity contribution in [2.75, 3.05) is 0 Å². The predicted octanol–water partition coefficient (Wildman–Crippen LogP) is 3.79. The summed E-state index contributed by atoms with van der Waals surface area (Å²) in [4.78, 5) is 0. The van der Waals surface area contributed by atoms with Crippen molar-refractivity contribution in [3.63, 3.8) is 0 Å². The molecule has 1 aromatic carbocycles. The molecule has 1 aromatic rings. The first-order valence-electron chi connectivity index (χ1n) is 2.70. The molecule has 0 radical (unpaired) electrons. The summed E-state index contributed by atoms with van der Waals surface area (Å²) in [7, 11) is 0. The van der Waals surface area contributed by atoms with Crippen LogP contribution in [0.4, 0.5) is 0 Å². The Balaban J connectivity index is 2.81. The summed E-state index contributed by atoms with van der Waals surface area (Å²) < 4.78 is 7.22. The normalized spacial score (nSPS) is 12.3. The lowest BCUT2D eigenvalue weighted by Gasteiger charge is -2.24. The van der Waals surface area contributed by atoms with Crippen LogP contribution < -0.4 is 4.74 Å². The first kappa shape index (κ1) is 7.89. The number of halogens is 3. The van der Waals surface area contributed by atoms with Crippen LogP contribution in [0.5, 0.6) is 17.2 Å². The average Bonchev–Trinajstić information content (AvgIpc) is 1.97. The topological polar surface area (TPSA) is 29.5 Å². The highest BCUT2D eigenvalue weighted by molar-refractivity contribution is 9.12. The maximum atomic E-state index is 9.36. The number of rotatable bonds is 0. The van der Waals surface area contributed by atoms with Gasteiger partial charge in [0.25, 0.3) is 0 Å². The van der Waals surface area contributed by atoms with Crippen LogP contribution in [0.3, 0.4) is 0 Å². The standard InChI is InChI=1S/C6HBr3O2/c7-1-4(10)2(8)6-3(9)5(1)11-6/h10H. The van der Waals surface area contributed by atoms with E-state index in [9.17, 15) is 5.11 Å². The molecule has 11 heavy (non-hydrogen) atoms. The molecule has 0 aromatic heterocycles. The Hall–Kier alpha value is 0.260. The molecule has 2 bridgehead atoms. The lowest BCUT2D eigenvalue weighted by atomic mass is 10.2. The zero-order valence-corrected chi connectivity index (χ0v) is 9.75. The van der Waals surface area contributed by atoms with Gasteiger partial charge < -0.3 is 9.84 Å². The second-order valence-corrected chi connectivity index (χ2v) is 4.43. The van der Waals surface area contributed by atoms with Gasteiger partial charge in [0.15, 0.2) is 17.2 Å². The van der Waals surface area contributed by atoms with Crippen molar-refractivity contribution in [1.29, 1.82) is 0 Å². The maximum Gasteiger partial charge on any atom is 0.163 e. The van der Waals surface area contributed by atoms with Gasteiger partial charge in [0.1, 0.15) is 13.4 Å². The summed E-state index contributed by atoms with van der Waals surface area (Å²) in [6.45, 7) is 0. The SMILES string of the molecule is Oc1c(Br)c2c(Br)c(c1Br)O2. The van der Waals surface area contributed by atoms with Crippen molar-refractivity contribution in [3.05, 3.63) is 13.4 Å². The van der Waals surface area contributed by atoms with Gasteiger partial charge in [-0.1, -0.05) is 0 Å². The van der Waals surface area contributed by atoms with E-state index >= 15 is 0 Å². The van der Waals surface area contributed by atoms with Gasteiger partial charge in [-0.3, -0.25) is 0 Å². The van der Waals surface area contributed by atoms with Crippen molar-refractivity contribution in [1.82, 2.24) is 0 Å². The molecule has 0 amide bonds. The second kappa shape index (κ2) is 2.37. The van der Waals surface area contributed by atoms with E-state index in [2.05, 4.69) is 47.8 Å². The summed E-state index contributed by atoms with van der Waals surface area (Å²) in [5.74, 6) is 1.49. The van der Waals surface area contributed by atoms with Gasteiger partial charge in [-0.15, -0.1) is 0 Å². The van der Waals surface area contributed by atoms with Gasteiger partial charge in [-0.25, -0.2) is 0 Å². The first-order valence-corrected chi connectivity index (χ1v) is 5.08. The second-order valence-electron chi connectivity index (χ2n) is 2.05. The third kappa shape index (κ3) is 0.877.